The second-order valence-corrected chi connectivity index (χ2v) is 7.24. The quantitative estimate of drug-likeness (QED) is 0.916. The highest BCUT2D eigenvalue weighted by molar-refractivity contribution is 7.99. The normalized spacial score (nSPS) is 16.9. The van der Waals surface area contributed by atoms with Gasteiger partial charge in [-0.3, -0.25) is 0 Å². The first kappa shape index (κ1) is 14.9. The van der Waals surface area contributed by atoms with Crippen molar-refractivity contribution >= 4 is 28.2 Å². The lowest BCUT2D eigenvalue weighted by molar-refractivity contribution is 0.586. The summed E-state index contributed by atoms with van der Waals surface area (Å²) < 4.78 is 0. The Hall–Kier alpha value is -1.04. The molecular weight excluding hydrogens is 298 g/mol. The molecule has 21 heavy (non-hydrogen) atoms. The first-order chi connectivity index (χ1) is 10.4. The lowest BCUT2D eigenvalue weighted by atomic mass is 10.0. The van der Waals surface area contributed by atoms with Gasteiger partial charge >= 0.3 is 0 Å². The number of hydrogen-bond acceptors (Lipinski definition) is 5. The zero-order valence-electron chi connectivity index (χ0n) is 12.3. The third-order valence-corrected chi connectivity index (χ3v) is 5.68. The Morgan fingerprint density at radius 1 is 1.24 bits per heavy atom. The third-order valence-electron chi connectivity index (χ3n) is 3.78. The Labute approximate surface area is 134 Å². The predicted octanol–water partition coefficient (Wildman–Crippen LogP) is 3.20. The highest BCUT2D eigenvalue weighted by atomic mass is 32.2. The molecule has 1 aromatic carbocycles. The van der Waals surface area contributed by atoms with E-state index < -0.39 is 0 Å². The minimum Gasteiger partial charge on any atom is -0.346 e. The van der Waals surface area contributed by atoms with Crippen molar-refractivity contribution in [3.63, 3.8) is 0 Å². The average Bonchev–Trinajstić information content (AvgIpc) is 3.03. The van der Waals surface area contributed by atoms with Crippen LogP contribution in [-0.2, 0) is 6.42 Å². The van der Waals surface area contributed by atoms with E-state index in [2.05, 4.69) is 45.9 Å². The van der Waals surface area contributed by atoms with Crippen molar-refractivity contribution in [2.75, 3.05) is 36.5 Å². The number of rotatable bonds is 5. The van der Waals surface area contributed by atoms with Crippen LogP contribution < -0.4 is 10.2 Å². The number of aromatic nitrogens is 1. The van der Waals surface area contributed by atoms with Gasteiger partial charge < -0.3 is 10.2 Å². The molecule has 1 fully saturated rings. The van der Waals surface area contributed by atoms with Gasteiger partial charge in [-0.25, -0.2) is 4.98 Å². The molecule has 0 radical (unpaired) electrons. The summed E-state index contributed by atoms with van der Waals surface area (Å²) in [4.78, 5) is 7.26. The minimum atomic E-state index is 0.332. The number of benzene rings is 1. The first-order valence-corrected chi connectivity index (χ1v) is 9.39. The number of nitrogens with zero attached hydrogens (tertiary/aromatic N) is 2. The van der Waals surface area contributed by atoms with E-state index in [0.29, 0.717) is 6.04 Å². The zero-order valence-corrected chi connectivity index (χ0v) is 13.9. The van der Waals surface area contributed by atoms with Gasteiger partial charge in [-0.15, -0.1) is 11.3 Å². The van der Waals surface area contributed by atoms with Gasteiger partial charge in [0, 0.05) is 42.4 Å². The van der Waals surface area contributed by atoms with E-state index in [0.717, 1.165) is 19.5 Å². The van der Waals surface area contributed by atoms with E-state index in [9.17, 15) is 0 Å². The van der Waals surface area contributed by atoms with Crippen molar-refractivity contribution in [1.29, 1.82) is 0 Å². The monoisotopic (exact) mass is 319 g/mol. The Morgan fingerprint density at radius 3 is 2.71 bits per heavy atom. The molecule has 2 heterocycles. The lowest BCUT2D eigenvalue weighted by Gasteiger charge is -2.25. The highest BCUT2D eigenvalue weighted by Crippen LogP contribution is 2.26. The van der Waals surface area contributed by atoms with Crippen LogP contribution in [0.1, 0.15) is 17.3 Å². The van der Waals surface area contributed by atoms with Gasteiger partial charge in [0.05, 0.1) is 5.69 Å². The Morgan fingerprint density at radius 2 is 2.00 bits per heavy atom. The second kappa shape index (κ2) is 7.29. The Bertz CT molecular complexity index is 550. The van der Waals surface area contributed by atoms with Crippen molar-refractivity contribution < 1.29 is 0 Å². The number of anilines is 1. The molecule has 0 spiro atoms. The maximum Gasteiger partial charge on any atom is 0.185 e. The summed E-state index contributed by atoms with van der Waals surface area (Å²) in [5.74, 6) is 2.44. The molecule has 1 saturated heterocycles. The van der Waals surface area contributed by atoms with Crippen molar-refractivity contribution in [3.05, 3.63) is 47.0 Å². The van der Waals surface area contributed by atoms with Crippen LogP contribution in [0.2, 0.25) is 0 Å². The molecule has 2 aromatic rings. The van der Waals surface area contributed by atoms with Gasteiger partial charge in [0.2, 0.25) is 0 Å². The van der Waals surface area contributed by atoms with Crippen LogP contribution in [0.3, 0.4) is 0 Å². The number of hydrogen-bond donors (Lipinski definition) is 1. The van der Waals surface area contributed by atoms with Crippen LogP contribution in [-0.4, -0.2) is 36.6 Å². The molecule has 0 saturated carbocycles. The summed E-state index contributed by atoms with van der Waals surface area (Å²) in [6.45, 7) is 2.26. The summed E-state index contributed by atoms with van der Waals surface area (Å²) >= 11 is 3.82. The molecule has 5 heteroatoms. The molecular formula is C16H21N3S2. The Balaban J connectivity index is 1.68. The largest absolute Gasteiger partial charge is 0.346 e. The Kier molecular flexibility index (Phi) is 5.17. The molecule has 1 aliphatic heterocycles. The minimum absolute atomic E-state index is 0.332. The maximum atomic E-state index is 4.84. The highest BCUT2D eigenvalue weighted by Gasteiger charge is 2.16. The van der Waals surface area contributed by atoms with Gasteiger partial charge in [0.15, 0.2) is 5.13 Å². The third kappa shape index (κ3) is 3.78. The summed E-state index contributed by atoms with van der Waals surface area (Å²) in [6.07, 6.45) is 0.944. The van der Waals surface area contributed by atoms with Gasteiger partial charge in [-0.1, -0.05) is 30.3 Å². The fourth-order valence-corrected chi connectivity index (χ4v) is 4.37. The van der Waals surface area contributed by atoms with Crippen molar-refractivity contribution in [2.45, 2.75) is 12.5 Å². The second-order valence-electron chi connectivity index (χ2n) is 5.18. The van der Waals surface area contributed by atoms with Crippen LogP contribution in [0.15, 0.2) is 35.7 Å². The molecule has 0 bridgehead atoms. The molecule has 112 valence electrons. The molecule has 1 aliphatic rings. The SMILES string of the molecule is CNC(Cc1csc(N2CCSCC2)n1)c1ccccc1. The van der Waals surface area contributed by atoms with E-state index in [1.807, 2.05) is 18.8 Å². The topological polar surface area (TPSA) is 28.2 Å². The predicted molar refractivity (Wildman–Crippen MR) is 93.6 cm³/mol. The van der Waals surface area contributed by atoms with Crippen molar-refractivity contribution in [3.8, 4) is 0 Å². The number of likely N-dealkylation sites (N-methyl/N-ethyl adjacent to an activating group) is 1. The first-order valence-electron chi connectivity index (χ1n) is 7.36. The van der Waals surface area contributed by atoms with Crippen LogP contribution in [0.4, 0.5) is 5.13 Å². The van der Waals surface area contributed by atoms with E-state index in [-0.39, 0.29) is 0 Å². The van der Waals surface area contributed by atoms with E-state index in [1.54, 1.807) is 11.3 Å². The smallest absolute Gasteiger partial charge is 0.185 e. The standard InChI is InChI=1S/C16H21N3S2/c1-17-15(13-5-3-2-4-6-13)11-14-12-21-16(18-14)19-7-9-20-10-8-19/h2-6,12,15,17H,7-11H2,1H3. The molecule has 3 nitrogen and oxygen atoms in total. The van der Waals surface area contributed by atoms with Crippen molar-refractivity contribution in [1.82, 2.24) is 10.3 Å². The molecule has 0 amide bonds. The lowest BCUT2D eigenvalue weighted by Crippen LogP contribution is -2.32. The molecule has 1 N–H and O–H groups in total. The van der Waals surface area contributed by atoms with E-state index in [4.69, 9.17) is 4.98 Å². The van der Waals surface area contributed by atoms with E-state index >= 15 is 0 Å². The molecule has 3 rings (SSSR count). The molecule has 1 unspecified atom stereocenters. The number of thiazole rings is 1. The van der Waals surface area contributed by atoms with Gasteiger partial charge in [0.25, 0.3) is 0 Å². The molecule has 1 aromatic heterocycles. The fourth-order valence-electron chi connectivity index (χ4n) is 2.57. The van der Waals surface area contributed by atoms with E-state index in [1.165, 1.54) is 27.9 Å². The van der Waals surface area contributed by atoms with Crippen LogP contribution >= 0.6 is 23.1 Å². The summed E-state index contributed by atoms with van der Waals surface area (Å²) in [5.41, 5.74) is 2.51. The summed E-state index contributed by atoms with van der Waals surface area (Å²) in [6, 6.07) is 10.9. The average molecular weight is 319 g/mol. The molecule has 0 aliphatic carbocycles. The van der Waals surface area contributed by atoms with Crippen LogP contribution in [0.25, 0.3) is 0 Å². The van der Waals surface area contributed by atoms with Gasteiger partial charge in [0.1, 0.15) is 0 Å². The fraction of sp³-hybridized carbons (Fsp3) is 0.438. The summed E-state index contributed by atoms with van der Waals surface area (Å²) in [5, 5.41) is 6.80. The number of thioether (sulfide) groups is 1. The van der Waals surface area contributed by atoms with Gasteiger partial charge in [-0.2, -0.15) is 11.8 Å². The van der Waals surface area contributed by atoms with Crippen LogP contribution in [0, 0.1) is 0 Å². The van der Waals surface area contributed by atoms with Crippen molar-refractivity contribution in [2.24, 2.45) is 0 Å². The van der Waals surface area contributed by atoms with Gasteiger partial charge in [-0.05, 0) is 12.6 Å². The maximum absolute atomic E-state index is 4.84. The number of nitrogens with one attached hydrogen (secondary N) is 1. The summed E-state index contributed by atoms with van der Waals surface area (Å²) in [7, 11) is 2.02. The zero-order chi connectivity index (χ0) is 14.5. The van der Waals surface area contributed by atoms with Crippen LogP contribution in [0.5, 0.6) is 0 Å². The molecule has 1 atom stereocenters.